The number of esters is 1. The minimum Gasteiger partial charge on any atom is -0.465 e. The molecule has 1 saturated carbocycles. The molecule has 110 valence electrons. The van der Waals surface area contributed by atoms with Crippen molar-refractivity contribution in [3.05, 3.63) is 0 Å². The molecule has 0 unspecified atom stereocenters. The highest BCUT2D eigenvalue weighted by Crippen LogP contribution is 2.37. The number of carbonyl (C=O) groups is 1. The van der Waals surface area contributed by atoms with Gasteiger partial charge in [-0.1, -0.05) is 6.92 Å². The van der Waals surface area contributed by atoms with Gasteiger partial charge in [0.15, 0.2) is 5.79 Å². The molecule has 0 radical (unpaired) electrons. The number of ether oxygens (including phenoxy) is 3. The van der Waals surface area contributed by atoms with Crippen LogP contribution in [0.1, 0.15) is 52.9 Å². The fourth-order valence-corrected chi connectivity index (χ4v) is 2.46. The molecule has 19 heavy (non-hydrogen) atoms. The van der Waals surface area contributed by atoms with Crippen molar-refractivity contribution in [2.24, 2.45) is 11.3 Å². The highest BCUT2D eigenvalue weighted by atomic mass is 16.7. The normalized spacial score (nSPS) is 23.7. The van der Waals surface area contributed by atoms with Gasteiger partial charge in [0.2, 0.25) is 0 Å². The Morgan fingerprint density at radius 1 is 1.26 bits per heavy atom. The first kappa shape index (κ1) is 14.8. The molecule has 1 saturated heterocycles. The zero-order chi connectivity index (χ0) is 13.9. The van der Waals surface area contributed by atoms with Crippen molar-refractivity contribution in [1.82, 2.24) is 0 Å². The van der Waals surface area contributed by atoms with Crippen LogP contribution in [0.3, 0.4) is 0 Å². The first-order chi connectivity index (χ1) is 8.97. The third-order valence-electron chi connectivity index (χ3n) is 4.42. The second-order valence-electron chi connectivity index (χ2n) is 6.44. The van der Waals surface area contributed by atoms with E-state index in [4.69, 9.17) is 14.2 Å². The molecule has 0 aromatic rings. The molecule has 2 rings (SSSR count). The van der Waals surface area contributed by atoms with Gasteiger partial charge in [-0.3, -0.25) is 4.79 Å². The minimum atomic E-state index is -0.400. The molecule has 0 aromatic heterocycles. The van der Waals surface area contributed by atoms with Gasteiger partial charge in [-0.25, -0.2) is 0 Å². The first-order valence-electron chi connectivity index (χ1n) is 7.43. The van der Waals surface area contributed by atoms with Crippen LogP contribution < -0.4 is 0 Å². The fraction of sp³-hybridized carbons (Fsp3) is 0.933. The van der Waals surface area contributed by atoms with Crippen LogP contribution in [0.25, 0.3) is 0 Å². The number of hydrogen-bond donors (Lipinski definition) is 0. The molecule has 0 N–H and O–H groups in total. The van der Waals surface area contributed by atoms with Gasteiger partial charge in [-0.15, -0.1) is 0 Å². The van der Waals surface area contributed by atoms with E-state index in [1.54, 1.807) is 0 Å². The van der Waals surface area contributed by atoms with Crippen molar-refractivity contribution in [2.45, 2.75) is 58.7 Å². The third-order valence-corrected chi connectivity index (χ3v) is 4.42. The smallest absolute Gasteiger partial charge is 0.311 e. The zero-order valence-corrected chi connectivity index (χ0v) is 12.4. The second-order valence-corrected chi connectivity index (χ2v) is 6.44. The summed E-state index contributed by atoms with van der Waals surface area (Å²) in [5, 5.41) is 0. The summed E-state index contributed by atoms with van der Waals surface area (Å²) in [6.07, 6.45) is 5.16. The molecule has 1 aliphatic carbocycles. The Morgan fingerprint density at radius 2 is 1.84 bits per heavy atom. The van der Waals surface area contributed by atoms with Crippen molar-refractivity contribution in [3.8, 4) is 0 Å². The lowest BCUT2D eigenvalue weighted by Crippen LogP contribution is -2.43. The van der Waals surface area contributed by atoms with E-state index in [1.807, 2.05) is 20.8 Å². The van der Waals surface area contributed by atoms with Crippen molar-refractivity contribution >= 4 is 5.97 Å². The van der Waals surface area contributed by atoms with E-state index in [1.165, 1.54) is 12.8 Å². The van der Waals surface area contributed by atoms with Crippen LogP contribution in [0.15, 0.2) is 0 Å². The summed E-state index contributed by atoms with van der Waals surface area (Å²) < 4.78 is 17.1. The number of hydrogen-bond acceptors (Lipinski definition) is 4. The van der Waals surface area contributed by atoms with Crippen LogP contribution >= 0.6 is 0 Å². The quantitative estimate of drug-likeness (QED) is 0.737. The van der Waals surface area contributed by atoms with Gasteiger partial charge < -0.3 is 14.2 Å². The number of carbonyl (C=O) groups excluding carboxylic acids is 1. The predicted molar refractivity (Wildman–Crippen MR) is 71.6 cm³/mol. The Hall–Kier alpha value is -0.610. The molecule has 0 aromatic carbocycles. The van der Waals surface area contributed by atoms with Gasteiger partial charge in [0.25, 0.3) is 0 Å². The molecule has 1 aliphatic heterocycles. The highest BCUT2D eigenvalue weighted by Gasteiger charge is 2.40. The lowest BCUT2D eigenvalue weighted by molar-refractivity contribution is -0.282. The van der Waals surface area contributed by atoms with E-state index in [2.05, 4.69) is 0 Å². The molecular weight excluding hydrogens is 244 g/mol. The summed E-state index contributed by atoms with van der Waals surface area (Å²) in [6, 6.07) is 0. The van der Waals surface area contributed by atoms with E-state index >= 15 is 0 Å². The van der Waals surface area contributed by atoms with Crippen LogP contribution in [0, 0.1) is 11.3 Å². The molecule has 4 heteroatoms. The Labute approximate surface area is 115 Å². The van der Waals surface area contributed by atoms with Crippen molar-refractivity contribution in [1.29, 1.82) is 0 Å². The topological polar surface area (TPSA) is 44.8 Å². The van der Waals surface area contributed by atoms with Crippen LogP contribution in [-0.2, 0) is 19.0 Å². The molecule has 1 spiro atoms. The van der Waals surface area contributed by atoms with Crippen LogP contribution in [0.2, 0.25) is 0 Å². The zero-order valence-electron chi connectivity index (χ0n) is 12.4. The Morgan fingerprint density at radius 3 is 2.37 bits per heavy atom. The third kappa shape index (κ3) is 3.48. The van der Waals surface area contributed by atoms with Crippen LogP contribution in [0.5, 0.6) is 0 Å². The van der Waals surface area contributed by atoms with Crippen LogP contribution in [-0.4, -0.2) is 31.6 Å². The lowest BCUT2D eigenvalue weighted by Gasteiger charge is -2.37. The van der Waals surface area contributed by atoms with E-state index < -0.39 is 5.41 Å². The summed E-state index contributed by atoms with van der Waals surface area (Å²) in [5.41, 5.74) is -0.400. The van der Waals surface area contributed by atoms with Crippen molar-refractivity contribution in [3.63, 3.8) is 0 Å². The minimum absolute atomic E-state index is 0.129. The molecule has 2 aliphatic rings. The van der Waals surface area contributed by atoms with E-state index in [0.717, 1.165) is 19.3 Å². The van der Waals surface area contributed by atoms with Gasteiger partial charge in [0, 0.05) is 18.8 Å². The monoisotopic (exact) mass is 270 g/mol. The van der Waals surface area contributed by atoms with E-state index in [-0.39, 0.29) is 17.7 Å². The largest absolute Gasteiger partial charge is 0.465 e. The standard InChI is InChI=1S/C15H26O4/c1-4-14(2,3)13(16)17-9-12-10-18-15(19-11-12)7-5-6-8-15/h12H,4-11H2,1-3H3. The predicted octanol–water partition coefficient (Wildman–Crippen LogP) is 2.90. The molecule has 0 amide bonds. The summed E-state index contributed by atoms with van der Waals surface area (Å²) in [5.74, 6) is -0.276. The fourth-order valence-electron chi connectivity index (χ4n) is 2.46. The Bertz CT molecular complexity index is 308. The maximum atomic E-state index is 11.9. The van der Waals surface area contributed by atoms with Crippen molar-refractivity contribution < 1.29 is 19.0 Å². The molecule has 4 nitrogen and oxygen atoms in total. The SMILES string of the molecule is CCC(C)(C)C(=O)OCC1COC2(CCCC2)OC1. The van der Waals surface area contributed by atoms with E-state index in [9.17, 15) is 4.79 Å². The van der Waals surface area contributed by atoms with Crippen LogP contribution in [0.4, 0.5) is 0 Å². The maximum Gasteiger partial charge on any atom is 0.311 e. The highest BCUT2D eigenvalue weighted by molar-refractivity contribution is 5.75. The maximum absolute atomic E-state index is 11.9. The molecule has 1 heterocycles. The Kier molecular flexibility index (Phi) is 4.51. The van der Waals surface area contributed by atoms with E-state index in [0.29, 0.717) is 19.8 Å². The van der Waals surface area contributed by atoms with Gasteiger partial charge in [-0.2, -0.15) is 0 Å². The first-order valence-corrected chi connectivity index (χ1v) is 7.43. The molecule has 2 fully saturated rings. The lowest BCUT2D eigenvalue weighted by atomic mass is 9.91. The average Bonchev–Trinajstić information content (AvgIpc) is 2.86. The summed E-state index contributed by atoms with van der Waals surface area (Å²) in [4.78, 5) is 11.9. The van der Waals surface area contributed by atoms with Gasteiger partial charge in [-0.05, 0) is 33.1 Å². The second kappa shape index (κ2) is 5.80. The summed E-state index contributed by atoms with van der Waals surface area (Å²) in [7, 11) is 0. The molecular formula is C15H26O4. The molecule has 0 atom stereocenters. The summed E-state index contributed by atoms with van der Waals surface area (Å²) >= 11 is 0. The van der Waals surface area contributed by atoms with Crippen molar-refractivity contribution in [2.75, 3.05) is 19.8 Å². The van der Waals surface area contributed by atoms with Gasteiger partial charge in [0.1, 0.15) is 0 Å². The van der Waals surface area contributed by atoms with Gasteiger partial charge in [0.05, 0.1) is 25.2 Å². The number of rotatable bonds is 4. The van der Waals surface area contributed by atoms with Gasteiger partial charge >= 0.3 is 5.97 Å². The molecule has 0 bridgehead atoms. The average molecular weight is 270 g/mol. The summed E-state index contributed by atoms with van der Waals surface area (Å²) in [6.45, 7) is 7.50. The Balaban J connectivity index is 1.73.